The molecule has 1 fully saturated rings. The first-order valence-corrected chi connectivity index (χ1v) is 10.8. The van der Waals surface area contributed by atoms with Crippen LogP contribution in [-0.2, 0) is 11.3 Å². The van der Waals surface area contributed by atoms with E-state index in [4.69, 9.17) is 4.74 Å². The molecule has 0 N–H and O–H groups in total. The maximum Gasteiger partial charge on any atom is 0.224 e. The van der Waals surface area contributed by atoms with Crippen molar-refractivity contribution < 1.29 is 13.9 Å². The number of carbonyl (C=O) groups excluding carboxylic acids is 1. The molecule has 6 heteroatoms. The number of hydrogen-bond acceptors (Lipinski definition) is 4. The van der Waals surface area contributed by atoms with Crippen molar-refractivity contribution in [3.05, 3.63) is 59.4 Å². The van der Waals surface area contributed by atoms with Gasteiger partial charge in [0.2, 0.25) is 5.91 Å². The number of nitrogens with zero attached hydrogens (tertiary/aromatic N) is 3. The first kappa shape index (κ1) is 20.7. The molecule has 0 bridgehead atoms. The Balaban J connectivity index is 1.52. The van der Waals surface area contributed by atoms with Crippen LogP contribution in [0.15, 0.2) is 42.5 Å². The lowest BCUT2D eigenvalue weighted by Crippen LogP contribution is -2.51. The van der Waals surface area contributed by atoms with E-state index in [1.54, 1.807) is 0 Å². The first-order chi connectivity index (χ1) is 14.5. The molecule has 0 unspecified atom stereocenters. The van der Waals surface area contributed by atoms with Crippen molar-refractivity contribution in [1.29, 1.82) is 0 Å². The van der Waals surface area contributed by atoms with Crippen LogP contribution in [0.25, 0.3) is 0 Å². The Hall–Kier alpha value is -2.60. The number of halogens is 1. The predicted molar refractivity (Wildman–Crippen MR) is 116 cm³/mol. The molecule has 0 aromatic heterocycles. The number of rotatable bonds is 5. The zero-order chi connectivity index (χ0) is 21.1. The molecular formula is C24H30FN3O2. The highest BCUT2D eigenvalue weighted by atomic mass is 19.1. The predicted octanol–water partition coefficient (Wildman–Crippen LogP) is 3.46. The Morgan fingerprint density at radius 3 is 2.53 bits per heavy atom. The van der Waals surface area contributed by atoms with Gasteiger partial charge in [-0.25, -0.2) is 4.39 Å². The Morgan fingerprint density at radius 2 is 1.83 bits per heavy atom. The molecule has 30 heavy (non-hydrogen) atoms. The number of carbonyl (C=O) groups is 1. The average Bonchev–Trinajstić information content (AvgIpc) is 2.76. The maximum atomic E-state index is 13.4. The number of anilines is 1. The summed E-state index contributed by atoms with van der Waals surface area (Å²) in [4.78, 5) is 19.6. The third-order valence-corrected chi connectivity index (χ3v) is 6.15. The number of likely N-dealkylation sites (N-methyl/N-ethyl adjacent to an activating group) is 1. The van der Waals surface area contributed by atoms with Crippen molar-refractivity contribution >= 4 is 11.6 Å². The van der Waals surface area contributed by atoms with Crippen LogP contribution in [0.5, 0.6) is 5.75 Å². The summed E-state index contributed by atoms with van der Waals surface area (Å²) in [5.41, 5.74) is 3.14. The summed E-state index contributed by atoms with van der Waals surface area (Å²) in [5, 5.41) is 0. The van der Waals surface area contributed by atoms with Crippen molar-refractivity contribution in [2.45, 2.75) is 32.9 Å². The summed E-state index contributed by atoms with van der Waals surface area (Å²) in [6, 6.07) is 12.7. The van der Waals surface area contributed by atoms with E-state index in [-0.39, 0.29) is 17.8 Å². The fourth-order valence-corrected chi connectivity index (χ4v) is 4.26. The SMILES string of the molecule is CCN1CCN(C(=O)C[C@@H]2COc3cc(C)ccc3N2Cc2ccc(F)cc2)CC1. The number of fused-ring (bicyclic) bond motifs is 1. The van der Waals surface area contributed by atoms with Gasteiger partial charge >= 0.3 is 0 Å². The van der Waals surface area contributed by atoms with E-state index in [0.717, 1.165) is 55.3 Å². The number of amides is 1. The van der Waals surface area contributed by atoms with Gasteiger partial charge in [-0.3, -0.25) is 4.79 Å². The molecule has 2 aromatic rings. The van der Waals surface area contributed by atoms with Crippen molar-refractivity contribution in [2.24, 2.45) is 0 Å². The third-order valence-electron chi connectivity index (χ3n) is 6.15. The molecule has 4 rings (SSSR count). The Morgan fingerprint density at radius 1 is 1.10 bits per heavy atom. The van der Waals surface area contributed by atoms with E-state index in [2.05, 4.69) is 28.9 Å². The van der Waals surface area contributed by atoms with Gasteiger partial charge in [-0.1, -0.05) is 25.1 Å². The van der Waals surface area contributed by atoms with Crippen LogP contribution in [0.2, 0.25) is 0 Å². The van der Waals surface area contributed by atoms with Gasteiger partial charge in [-0.2, -0.15) is 0 Å². The highest BCUT2D eigenvalue weighted by Crippen LogP contribution is 2.36. The molecule has 2 aliphatic heterocycles. The number of benzene rings is 2. The molecule has 1 saturated heterocycles. The van der Waals surface area contributed by atoms with Crippen LogP contribution >= 0.6 is 0 Å². The lowest BCUT2D eigenvalue weighted by Gasteiger charge is -2.40. The van der Waals surface area contributed by atoms with E-state index in [1.165, 1.54) is 12.1 Å². The second kappa shape index (κ2) is 9.04. The Labute approximate surface area is 178 Å². The average molecular weight is 412 g/mol. The van der Waals surface area contributed by atoms with Gasteiger partial charge in [0.1, 0.15) is 18.2 Å². The van der Waals surface area contributed by atoms with Gasteiger partial charge in [0.25, 0.3) is 0 Å². The van der Waals surface area contributed by atoms with Gasteiger partial charge in [-0.15, -0.1) is 0 Å². The zero-order valence-electron chi connectivity index (χ0n) is 17.8. The molecule has 1 atom stereocenters. The van der Waals surface area contributed by atoms with E-state index in [0.29, 0.717) is 19.6 Å². The Bertz CT molecular complexity index is 879. The van der Waals surface area contributed by atoms with E-state index < -0.39 is 0 Å². The molecule has 2 heterocycles. The van der Waals surface area contributed by atoms with E-state index in [1.807, 2.05) is 30.0 Å². The normalized spacial score (nSPS) is 19.4. The molecule has 2 aromatic carbocycles. The Kier molecular flexibility index (Phi) is 6.23. The molecule has 0 saturated carbocycles. The minimum absolute atomic E-state index is 0.0537. The van der Waals surface area contributed by atoms with Crippen LogP contribution in [0.3, 0.4) is 0 Å². The first-order valence-electron chi connectivity index (χ1n) is 10.8. The monoisotopic (exact) mass is 411 g/mol. The van der Waals surface area contributed by atoms with Crippen LogP contribution in [0.1, 0.15) is 24.5 Å². The zero-order valence-corrected chi connectivity index (χ0v) is 17.8. The standard InChI is InChI=1S/C24H30FN3O2/c1-3-26-10-12-27(13-11-26)24(29)15-21-17-30-23-14-18(2)4-9-22(23)28(21)16-19-5-7-20(25)8-6-19/h4-9,14,21H,3,10-13,15-17H2,1-2H3/t21-/m1/s1. The fourth-order valence-electron chi connectivity index (χ4n) is 4.26. The minimum Gasteiger partial charge on any atom is -0.489 e. The van der Waals surface area contributed by atoms with Crippen molar-refractivity contribution in [3.8, 4) is 5.75 Å². The fraction of sp³-hybridized carbons (Fsp3) is 0.458. The van der Waals surface area contributed by atoms with Crippen LogP contribution in [0.4, 0.5) is 10.1 Å². The maximum absolute atomic E-state index is 13.4. The number of ether oxygens (including phenoxy) is 1. The number of aryl methyl sites for hydroxylation is 1. The molecule has 0 radical (unpaired) electrons. The lowest BCUT2D eigenvalue weighted by molar-refractivity contribution is -0.133. The molecule has 0 aliphatic carbocycles. The summed E-state index contributed by atoms with van der Waals surface area (Å²) < 4.78 is 19.4. The van der Waals surface area contributed by atoms with Crippen molar-refractivity contribution in [1.82, 2.24) is 9.80 Å². The van der Waals surface area contributed by atoms with Crippen LogP contribution in [0, 0.1) is 12.7 Å². The third kappa shape index (κ3) is 4.59. The van der Waals surface area contributed by atoms with Crippen molar-refractivity contribution in [3.63, 3.8) is 0 Å². The van der Waals surface area contributed by atoms with Gasteiger partial charge in [0, 0.05) is 32.7 Å². The largest absolute Gasteiger partial charge is 0.489 e. The summed E-state index contributed by atoms with van der Waals surface area (Å²) >= 11 is 0. The van der Waals surface area contributed by atoms with Gasteiger partial charge in [0.05, 0.1) is 18.2 Å². The van der Waals surface area contributed by atoms with Crippen molar-refractivity contribution in [2.75, 3.05) is 44.2 Å². The molecular weight excluding hydrogens is 381 g/mol. The molecule has 1 amide bonds. The second-order valence-corrected chi connectivity index (χ2v) is 8.21. The highest BCUT2D eigenvalue weighted by Gasteiger charge is 2.31. The summed E-state index contributed by atoms with van der Waals surface area (Å²) in [6.07, 6.45) is 0.417. The topological polar surface area (TPSA) is 36.0 Å². The number of hydrogen-bond donors (Lipinski definition) is 0. The molecule has 2 aliphatic rings. The minimum atomic E-state index is -0.241. The molecule has 0 spiro atoms. The smallest absolute Gasteiger partial charge is 0.224 e. The summed E-state index contributed by atoms with van der Waals surface area (Å²) in [5.74, 6) is 0.783. The lowest BCUT2D eigenvalue weighted by atomic mass is 10.0. The van der Waals surface area contributed by atoms with Gasteiger partial charge < -0.3 is 19.4 Å². The van der Waals surface area contributed by atoms with E-state index in [9.17, 15) is 9.18 Å². The quantitative estimate of drug-likeness (QED) is 0.755. The molecule has 160 valence electrons. The van der Waals surface area contributed by atoms with E-state index >= 15 is 0 Å². The highest BCUT2D eigenvalue weighted by molar-refractivity contribution is 5.78. The summed E-state index contributed by atoms with van der Waals surface area (Å²) in [7, 11) is 0. The summed E-state index contributed by atoms with van der Waals surface area (Å²) in [6.45, 7) is 9.75. The van der Waals surface area contributed by atoms with Gasteiger partial charge in [-0.05, 0) is 48.9 Å². The second-order valence-electron chi connectivity index (χ2n) is 8.21. The van der Waals surface area contributed by atoms with Crippen LogP contribution in [-0.4, -0.2) is 61.1 Å². The number of piperazine rings is 1. The van der Waals surface area contributed by atoms with Crippen LogP contribution < -0.4 is 9.64 Å². The molecule has 5 nitrogen and oxygen atoms in total. The van der Waals surface area contributed by atoms with Gasteiger partial charge in [0.15, 0.2) is 0 Å².